The van der Waals surface area contributed by atoms with Gasteiger partial charge in [0.15, 0.2) is 17.6 Å². The average Bonchev–Trinajstić information content (AvgIpc) is 2.98. The van der Waals surface area contributed by atoms with E-state index in [-0.39, 0.29) is 49.6 Å². The summed E-state index contributed by atoms with van der Waals surface area (Å²) < 4.78 is 35.3. The van der Waals surface area contributed by atoms with Crippen molar-refractivity contribution in [3.63, 3.8) is 0 Å². The summed E-state index contributed by atoms with van der Waals surface area (Å²) in [5, 5.41) is 0. The maximum Gasteiger partial charge on any atom is 0.311 e. The van der Waals surface area contributed by atoms with Gasteiger partial charge in [-0.05, 0) is 44.2 Å². The van der Waals surface area contributed by atoms with Gasteiger partial charge in [-0.3, -0.25) is 19.2 Å². The Kier molecular flexibility index (Phi) is 14.2. The second-order valence-electron chi connectivity index (χ2n) is 11.0. The molecule has 0 saturated heterocycles. The first-order chi connectivity index (χ1) is 21.7. The Hall–Kier alpha value is -4.08. The lowest BCUT2D eigenvalue weighted by Crippen LogP contribution is -2.35. The van der Waals surface area contributed by atoms with Crippen molar-refractivity contribution < 1.29 is 47.6 Å². The van der Waals surface area contributed by atoms with E-state index in [1.807, 2.05) is 27.7 Å². The van der Waals surface area contributed by atoms with Crippen molar-refractivity contribution in [2.24, 2.45) is 0 Å². The molecule has 2 aromatic rings. The molecule has 3 rings (SSSR count). The molecule has 1 heterocycles. The first-order valence-corrected chi connectivity index (χ1v) is 16.1. The summed E-state index contributed by atoms with van der Waals surface area (Å²) in [6.45, 7) is 10.0. The minimum atomic E-state index is -0.826. The molecule has 0 aromatic heterocycles. The van der Waals surface area contributed by atoms with Crippen molar-refractivity contribution in [2.45, 2.75) is 117 Å². The average molecular weight is 627 g/mol. The molecule has 1 aliphatic rings. The van der Waals surface area contributed by atoms with Gasteiger partial charge in [-0.15, -0.1) is 0 Å². The van der Waals surface area contributed by atoms with Gasteiger partial charge in [0.25, 0.3) is 0 Å². The maximum absolute atomic E-state index is 12.8. The molecule has 45 heavy (non-hydrogen) atoms. The van der Waals surface area contributed by atoms with Crippen molar-refractivity contribution in [1.82, 2.24) is 0 Å². The van der Waals surface area contributed by atoms with Gasteiger partial charge in [-0.1, -0.05) is 47.1 Å². The number of carbonyl (C=O) groups excluding carboxylic acids is 4. The minimum Gasteiger partial charge on any atom is -0.493 e. The SMILES string of the molecule is CCCCOc1cc(OC(=O)CCC)c2c(c1)O[C@H](c1ccc(OC(=O)CCC)c(OC(=O)CCC)c1)[C@H](OC(=O)CCC)C2. The fourth-order valence-corrected chi connectivity index (χ4v) is 4.75. The molecule has 0 bridgehead atoms. The Labute approximate surface area is 265 Å². The van der Waals surface area contributed by atoms with Crippen molar-refractivity contribution in [1.29, 1.82) is 0 Å². The predicted molar refractivity (Wildman–Crippen MR) is 167 cm³/mol. The molecule has 0 radical (unpaired) electrons. The third-order valence-electron chi connectivity index (χ3n) is 6.97. The second kappa shape index (κ2) is 18.0. The van der Waals surface area contributed by atoms with Crippen molar-refractivity contribution in [3.8, 4) is 28.7 Å². The zero-order valence-corrected chi connectivity index (χ0v) is 27.1. The number of hydrogen-bond donors (Lipinski definition) is 0. The predicted octanol–water partition coefficient (Wildman–Crippen LogP) is 7.37. The fraction of sp³-hybridized carbons (Fsp3) is 0.543. The van der Waals surface area contributed by atoms with Crippen LogP contribution < -0.4 is 23.7 Å². The Bertz CT molecular complexity index is 1320. The van der Waals surface area contributed by atoms with Crippen LogP contribution in [0.25, 0.3) is 0 Å². The van der Waals surface area contributed by atoms with E-state index < -0.39 is 30.1 Å². The molecule has 0 N–H and O–H groups in total. The number of fused-ring (bicyclic) bond motifs is 1. The van der Waals surface area contributed by atoms with Crippen LogP contribution in [0.4, 0.5) is 0 Å². The molecule has 10 heteroatoms. The van der Waals surface area contributed by atoms with Crippen molar-refractivity contribution >= 4 is 23.9 Å². The fourth-order valence-electron chi connectivity index (χ4n) is 4.75. The largest absolute Gasteiger partial charge is 0.493 e. The monoisotopic (exact) mass is 626 g/mol. The van der Waals surface area contributed by atoms with E-state index >= 15 is 0 Å². The second-order valence-corrected chi connectivity index (χ2v) is 11.0. The number of hydrogen-bond acceptors (Lipinski definition) is 10. The van der Waals surface area contributed by atoms with Gasteiger partial charge in [0.1, 0.15) is 23.4 Å². The molecule has 0 saturated carbocycles. The van der Waals surface area contributed by atoms with E-state index in [1.165, 1.54) is 0 Å². The lowest BCUT2D eigenvalue weighted by molar-refractivity contribution is -0.155. The van der Waals surface area contributed by atoms with Crippen LogP contribution in [0.5, 0.6) is 28.7 Å². The van der Waals surface area contributed by atoms with Gasteiger partial charge in [-0.2, -0.15) is 0 Å². The summed E-state index contributed by atoms with van der Waals surface area (Å²) in [5.41, 5.74) is 1.11. The lowest BCUT2D eigenvalue weighted by atomic mass is 9.93. The Balaban J connectivity index is 2.09. The van der Waals surface area contributed by atoms with Crippen LogP contribution in [0.15, 0.2) is 30.3 Å². The van der Waals surface area contributed by atoms with Crippen LogP contribution in [0.2, 0.25) is 0 Å². The highest BCUT2D eigenvalue weighted by Gasteiger charge is 2.37. The Morgan fingerprint density at radius 3 is 1.87 bits per heavy atom. The molecule has 10 nitrogen and oxygen atoms in total. The summed E-state index contributed by atoms with van der Waals surface area (Å²) in [6.07, 6.45) is 3.58. The number of carbonyl (C=O) groups is 4. The van der Waals surface area contributed by atoms with Gasteiger partial charge in [-0.25, -0.2) is 0 Å². The third kappa shape index (κ3) is 10.5. The van der Waals surface area contributed by atoms with Crippen LogP contribution in [0, 0.1) is 0 Å². The first kappa shape index (κ1) is 35.4. The van der Waals surface area contributed by atoms with Gasteiger partial charge in [0.2, 0.25) is 0 Å². The van der Waals surface area contributed by atoms with E-state index in [0.29, 0.717) is 60.7 Å². The summed E-state index contributed by atoms with van der Waals surface area (Å²) in [5.74, 6) is -0.359. The normalized spacial score (nSPS) is 15.3. The molecule has 1 aliphatic heterocycles. The topological polar surface area (TPSA) is 124 Å². The van der Waals surface area contributed by atoms with Crippen LogP contribution in [-0.2, 0) is 30.3 Å². The number of rotatable bonds is 17. The highest BCUT2D eigenvalue weighted by molar-refractivity contribution is 5.76. The smallest absolute Gasteiger partial charge is 0.311 e. The zero-order chi connectivity index (χ0) is 32.8. The summed E-state index contributed by atoms with van der Waals surface area (Å²) in [7, 11) is 0. The van der Waals surface area contributed by atoms with Crippen LogP contribution in [-0.4, -0.2) is 36.6 Å². The molecule has 0 aliphatic carbocycles. The van der Waals surface area contributed by atoms with Crippen molar-refractivity contribution in [3.05, 3.63) is 41.5 Å². The number of unbranched alkanes of at least 4 members (excludes halogenated alkanes) is 1. The van der Waals surface area contributed by atoms with Crippen LogP contribution in [0.3, 0.4) is 0 Å². The third-order valence-corrected chi connectivity index (χ3v) is 6.97. The number of ether oxygens (including phenoxy) is 6. The summed E-state index contributed by atoms with van der Waals surface area (Å²) >= 11 is 0. The standard InChI is InChI=1S/C35H46O10/c1-6-11-18-40-24-20-27(42-32(37)13-8-3)25-22-30(44-34(39)15-10-5)35(45-28(25)21-24)23-16-17-26(41-31(36)12-7-2)29(19-23)43-33(38)14-9-4/h16-17,19-21,30,35H,6-15,18,22H2,1-5H3/t30-,35-/m1/s1. The molecule has 0 amide bonds. The molecular formula is C35H46O10. The molecular weight excluding hydrogens is 580 g/mol. The van der Waals surface area contributed by atoms with Gasteiger partial charge < -0.3 is 28.4 Å². The van der Waals surface area contributed by atoms with Crippen LogP contribution >= 0.6 is 0 Å². The molecule has 246 valence electrons. The lowest BCUT2D eigenvalue weighted by Gasteiger charge is -2.34. The Morgan fingerprint density at radius 2 is 1.27 bits per heavy atom. The summed E-state index contributed by atoms with van der Waals surface area (Å²) in [4.78, 5) is 50.1. The maximum atomic E-state index is 12.8. The van der Waals surface area contributed by atoms with Gasteiger partial charge >= 0.3 is 23.9 Å². The molecule has 2 atom stereocenters. The molecule has 0 unspecified atom stereocenters. The summed E-state index contributed by atoms with van der Waals surface area (Å²) in [6, 6.07) is 8.21. The van der Waals surface area contributed by atoms with Crippen LogP contribution in [0.1, 0.15) is 116 Å². The zero-order valence-electron chi connectivity index (χ0n) is 27.1. The Morgan fingerprint density at radius 1 is 0.689 bits per heavy atom. The van der Waals surface area contributed by atoms with E-state index in [1.54, 1.807) is 30.3 Å². The highest BCUT2D eigenvalue weighted by Crippen LogP contribution is 2.45. The van der Waals surface area contributed by atoms with E-state index in [2.05, 4.69) is 6.92 Å². The van der Waals surface area contributed by atoms with Crippen molar-refractivity contribution in [2.75, 3.05) is 6.61 Å². The first-order valence-electron chi connectivity index (χ1n) is 16.1. The number of esters is 4. The van der Waals surface area contributed by atoms with Gasteiger partial charge in [0, 0.05) is 55.4 Å². The quantitative estimate of drug-likeness (QED) is 0.0998. The van der Waals surface area contributed by atoms with Gasteiger partial charge in [0.05, 0.1) is 6.61 Å². The highest BCUT2D eigenvalue weighted by atomic mass is 16.6. The van der Waals surface area contributed by atoms with E-state index in [9.17, 15) is 19.2 Å². The van der Waals surface area contributed by atoms with E-state index in [0.717, 1.165) is 12.8 Å². The molecule has 2 aromatic carbocycles. The van der Waals surface area contributed by atoms with E-state index in [4.69, 9.17) is 28.4 Å². The number of benzene rings is 2. The molecule has 0 spiro atoms. The minimum absolute atomic E-state index is 0.0641. The molecule has 0 fully saturated rings.